The summed E-state index contributed by atoms with van der Waals surface area (Å²) in [7, 11) is 1.63. The number of carbonyl (C=O) groups excluding carboxylic acids is 1. The molecular formula is C24H35F2N3O5S. The molecule has 11 heteroatoms. The number of nitrogens with zero attached hydrogens (tertiary/aromatic N) is 2. The lowest BCUT2D eigenvalue weighted by Gasteiger charge is -2.33. The Bertz CT molecular complexity index is 843. The molecule has 0 radical (unpaired) electrons. The lowest BCUT2D eigenvalue weighted by atomic mass is 9.84. The van der Waals surface area contributed by atoms with E-state index in [2.05, 4.69) is 9.71 Å². The van der Waals surface area contributed by atoms with Crippen LogP contribution in [0.4, 0.5) is 13.6 Å². The Morgan fingerprint density at radius 1 is 1.23 bits per heavy atom. The summed E-state index contributed by atoms with van der Waals surface area (Å²) in [6.07, 6.45) is 3.41. The predicted octanol–water partition coefficient (Wildman–Crippen LogP) is 4.31. The monoisotopic (exact) mass is 515 g/mol. The molecule has 1 aliphatic carbocycles. The van der Waals surface area contributed by atoms with E-state index in [1.807, 2.05) is 6.26 Å². The average molecular weight is 516 g/mol. The Morgan fingerprint density at radius 3 is 2.71 bits per heavy atom. The number of ether oxygens (including phenoxy) is 4. The number of rotatable bonds is 5. The van der Waals surface area contributed by atoms with Gasteiger partial charge in [0, 0.05) is 42.8 Å². The molecule has 196 valence electrons. The largest absolute Gasteiger partial charge is 0.478 e. The van der Waals surface area contributed by atoms with Gasteiger partial charge in [-0.1, -0.05) is 11.9 Å². The van der Waals surface area contributed by atoms with Gasteiger partial charge in [-0.2, -0.15) is 0 Å². The number of nitrogens with one attached hydrogen (secondary N) is 1. The van der Waals surface area contributed by atoms with Gasteiger partial charge in [-0.3, -0.25) is 9.62 Å². The first-order valence-corrected chi connectivity index (χ1v) is 13.5. The highest BCUT2D eigenvalue weighted by molar-refractivity contribution is 7.96. The summed E-state index contributed by atoms with van der Waals surface area (Å²) in [5.74, 6) is 0.286. The number of aromatic nitrogens is 1. The number of fused-ring (bicyclic) bond motifs is 8. The molecule has 8 nitrogen and oxygen atoms in total. The number of hydrogen-bond donors (Lipinski definition) is 1. The van der Waals surface area contributed by atoms with Gasteiger partial charge >= 0.3 is 6.09 Å². The van der Waals surface area contributed by atoms with E-state index in [0.29, 0.717) is 25.3 Å². The van der Waals surface area contributed by atoms with Gasteiger partial charge in [-0.15, -0.1) is 0 Å². The zero-order chi connectivity index (χ0) is 24.8. The molecule has 3 aliphatic heterocycles. The van der Waals surface area contributed by atoms with Gasteiger partial charge in [-0.05, 0) is 44.4 Å². The van der Waals surface area contributed by atoms with E-state index < -0.39 is 12.5 Å². The second kappa shape index (κ2) is 12.5. The first kappa shape index (κ1) is 26.4. The van der Waals surface area contributed by atoms with Gasteiger partial charge < -0.3 is 18.9 Å². The number of carbonyl (C=O) groups is 1. The second-order valence-electron chi connectivity index (χ2n) is 9.34. The Labute approximate surface area is 209 Å². The van der Waals surface area contributed by atoms with Crippen molar-refractivity contribution in [2.45, 2.75) is 75.1 Å². The predicted molar refractivity (Wildman–Crippen MR) is 128 cm³/mol. The second-order valence-corrected chi connectivity index (χ2v) is 9.98. The fourth-order valence-corrected chi connectivity index (χ4v) is 5.87. The van der Waals surface area contributed by atoms with Crippen molar-refractivity contribution in [3.63, 3.8) is 0 Å². The summed E-state index contributed by atoms with van der Waals surface area (Å²) < 4.78 is 53.4. The number of methoxy groups -OCH3 is 1. The summed E-state index contributed by atoms with van der Waals surface area (Å²) in [6, 6.07) is 2.57. The van der Waals surface area contributed by atoms with Crippen LogP contribution in [-0.2, 0) is 14.2 Å². The molecule has 3 atom stereocenters. The molecule has 4 bridgehead atoms. The topological polar surface area (TPSA) is 82.1 Å². The minimum Gasteiger partial charge on any atom is -0.478 e. The first-order valence-electron chi connectivity index (χ1n) is 12.3. The number of halogens is 2. The van der Waals surface area contributed by atoms with Crippen molar-refractivity contribution < 1.29 is 32.5 Å². The Hall–Kier alpha value is -1.69. The molecule has 4 aliphatic rings. The third kappa shape index (κ3) is 6.55. The van der Waals surface area contributed by atoms with E-state index in [0.717, 1.165) is 32.1 Å². The van der Waals surface area contributed by atoms with Gasteiger partial charge in [0.05, 0.1) is 44.6 Å². The quantitative estimate of drug-likeness (QED) is 0.581. The van der Waals surface area contributed by atoms with Crippen LogP contribution in [0.3, 0.4) is 0 Å². The van der Waals surface area contributed by atoms with Crippen LogP contribution in [0.2, 0.25) is 0 Å². The van der Waals surface area contributed by atoms with Crippen LogP contribution in [0, 0.1) is 0 Å². The minimum atomic E-state index is -2.59. The van der Waals surface area contributed by atoms with Crippen LogP contribution >= 0.6 is 11.9 Å². The standard InChI is InChI=1S/C24H35F2N3O5S/c1-31-13-17-12-20(28-35-2)21-14-34-18-6-4-15(5-7-18)19-10-16(23(25)26)11-22(27-19)32-8-3-9-33-24(30)29(17)21/h10-11,15,17-18,20-21,23,28H,3-9,12-14H2,1-2H3. The molecule has 3 unspecified atom stereocenters. The van der Waals surface area contributed by atoms with E-state index in [9.17, 15) is 13.6 Å². The van der Waals surface area contributed by atoms with E-state index in [1.54, 1.807) is 12.0 Å². The van der Waals surface area contributed by atoms with Gasteiger partial charge in [0.2, 0.25) is 5.88 Å². The molecule has 1 N–H and O–H groups in total. The summed E-state index contributed by atoms with van der Waals surface area (Å²) >= 11 is 1.52. The van der Waals surface area contributed by atoms with Gasteiger partial charge in [-0.25, -0.2) is 18.6 Å². The third-order valence-electron chi connectivity index (χ3n) is 7.04. The highest BCUT2D eigenvalue weighted by Crippen LogP contribution is 2.36. The van der Waals surface area contributed by atoms with Gasteiger partial charge in [0.1, 0.15) is 0 Å². The molecule has 1 saturated heterocycles. The van der Waals surface area contributed by atoms with Crippen molar-refractivity contribution in [2.75, 3.05) is 39.8 Å². The summed E-state index contributed by atoms with van der Waals surface area (Å²) in [5, 5.41) is 0. The van der Waals surface area contributed by atoms with Crippen LogP contribution in [0.5, 0.6) is 5.88 Å². The highest BCUT2D eigenvalue weighted by Gasteiger charge is 2.45. The smallest absolute Gasteiger partial charge is 0.410 e. The Morgan fingerprint density at radius 2 is 2.00 bits per heavy atom. The van der Waals surface area contributed by atoms with Crippen LogP contribution in [0.25, 0.3) is 0 Å². The third-order valence-corrected chi connectivity index (χ3v) is 7.57. The highest BCUT2D eigenvalue weighted by atomic mass is 32.2. The van der Waals surface area contributed by atoms with Crippen molar-refractivity contribution in [3.05, 3.63) is 23.4 Å². The maximum absolute atomic E-state index is 13.5. The summed E-state index contributed by atoms with van der Waals surface area (Å²) in [6.45, 7) is 1.18. The van der Waals surface area contributed by atoms with Crippen molar-refractivity contribution >= 4 is 18.0 Å². The van der Waals surface area contributed by atoms with Crippen LogP contribution in [-0.4, -0.2) is 80.0 Å². The van der Waals surface area contributed by atoms with Crippen LogP contribution < -0.4 is 9.46 Å². The maximum Gasteiger partial charge on any atom is 0.410 e. The number of hydrogen-bond acceptors (Lipinski definition) is 8. The molecule has 0 spiro atoms. The summed E-state index contributed by atoms with van der Waals surface area (Å²) in [5.41, 5.74) is 0.575. The lowest BCUT2D eigenvalue weighted by molar-refractivity contribution is -0.0155. The molecule has 1 aromatic heterocycles. The average Bonchev–Trinajstić information content (AvgIpc) is 3.19. The molecule has 2 fully saturated rings. The van der Waals surface area contributed by atoms with E-state index in [-0.39, 0.29) is 54.8 Å². The van der Waals surface area contributed by atoms with Crippen molar-refractivity contribution in [1.29, 1.82) is 0 Å². The maximum atomic E-state index is 13.5. The van der Waals surface area contributed by atoms with E-state index >= 15 is 0 Å². The van der Waals surface area contributed by atoms with E-state index in [1.165, 1.54) is 24.1 Å². The molecular weight excluding hydrogens is 480 g/mol. The fourth-order valence-electron chi connectivity index (χ4n) is 5.31. The normalized spacial score (nSPS) is 30.0. The van der Waals surface area contributed by atoms with Crippen molar-refractivity contribution in [3.8, 4) is 5.88 Å². The zero-order valence-corrected chi connectivity index (χ0v) is 21.1. The fraction of sp³-hybridized carbons (Fsp3) is 0.750. The number of pyridine rings is 1. The SMILES string of the molecule is COCC1CC(NSC)C2COC3CCC(CC3)c3cc(C(F)F)cc(n3)OCCCOC(=O)N12. The molecule has 5 rings (SSSR count). The van der Waals surface area contributed by atoms with Crippen molar-refractivity contribution in [1.82, 2.24) is 14.6 Å². The van der Waals surface area contributed by atoms with E-state index in [4.69, 9.17) is 18.9 Å². The van der Waals surface area contributed by atoms with Gasteiger partial charge in [0.25, 0.3) is 6.43 Å². The first-order chi connectivity index (χ1) is 17.0. The molecule has 1 aromatic rings. The minimum absolute atomic E-state index is 0.0465. The van der Waals surface area contributed by atoms with Gasteiger partial charge in [0.15, 0.2) is 0 Å². The van der Waals surface area contributed by atoms with Crippen LogP contribution in [0.1, 0.15) is 62.1 Å². The van der Waals surface area contributed by atoms with Crippen molar-refractivity contribution in [2.24, 2.45) is 0 Å². The summed E-state index contributed by atoms with van der Waals surface area (Å²) in [4.78, 5) is 19.4. The molecule has 0 aromatic carbocycles. The number of alkyl halides is 2. The molecule has 1 amide bonds. The molecule has 4 heterocycles. The molecule has 35 heavy (non-hydrogen) atoms. The van der Waals surface area contributed by atoms with Crippen LogP contribution in [0.15, 0.2) is 12.1 Å². The number of amides is 1. The Balaban J connectivity index is 1.54. The zero-order valence-electron chi connectivity index (χ0n) is 20.3. The molecule has 1 saturated carbocycles. The lowest BCUT2D eigenvalue weighted by Crippen LogP contribution is -2.49. The Kier molecular flexibility index (Phi) is 9.43.